The van der Waals surface area contributed by atoms with Crippen LogP contribution >= 0.6 is 0 Å². The van der Waals surface area contributed by atoms with Crippen molar-refractivity contribution < 1.29 is 9.59 Å². The van der Waals surface area contributed by atoms with Crippen LogP contribution in [-0.4, -0.2) is 82.3 Å². The molecule has 4 heterocycles. The summed E-state index contributed by atoms with van der Waals surface area (Å²) in [6.07, 6.45) is 6.99. The quantitative estimate of drug-likeness (QED) is 0.880. The van der Waals surface area contributed by atoms with Crippen molar-refractivity contribution in [3.63, 3.8) is 0 Å². The van der Waals surface area contributed by atoms with Gasteiger partial charge in [-0.05, 0) is 45.2 Å². The number of likely N-dealkylation sites (tertiary alicyclic amines) is 1. The molecule has 136 valence electrons. The number of piperidine rings is 3. The highest BCUT2D eigenvalue weighted by atomic mass is 16.2. The smallest absolute Gasteiger partial charge is 0.271 e. The van der Waals surface area contributed by atoms with Gasteiger partial charge in [0.25, 0.3) is 5.91 Å². The molecule has 3 fully saturated rings. The van der Waals surface area contributed by atoms with E-state index >= 15 is 0 Å². The summed E-state index contributed by atoms with van der Waals surface area (Å²) in [6, 6.07) is 0.501. The van der Waals surface area contributed by atoms with E-state index in [9.17, 15) is 9.59 Å². The molecule has 3 saturated heterocycles. The Labute approximate surface area is 148 Å². The first-order valence-electron chi connectivity index (χ1n) is 9.28. The van der Waals surface area contributed by atoms with Crippen LogP contribution in [0.25, 0.3) is 0 Å². The lowest BCUT2D eigenvalue weighted by Gasteiger charge is -2.57. The molecule has 2 amide bonds. The van der Waals surface area contributed by atoms with Crippen molar-refractivity contribution in [2.24, 2.45) is 11.8 Å². The van der Waals surface area contributed by atoms with E-state index in [2.05, 4.69) is 33.9 Å². The Morgan fingerprint density at radius 2 is 2.16 bits per heavy atom. The van der Waals surface area contributed by atoms with Crippen molar-refractivity contribution in [2.75, 3.05) is 33.7 Å². The molecule has 7 nitrogen and oxygen atoms in total. The highest BCUT2D eigenvalue weighted by molar-refractivity contribution is 5.92. The second-order valence-corrected chi connectivity index (χ2v) is 8.02. The average molecular weight is 345 g/mol. The molecule has 0 radical (unpaired) electrons. The maximum absolute atomic E-state index is 12.8. The zero-order valence-corrected chi connectivity index (χ0v) is 15.0. The van der Waals surface area contributed by atoms with Gasteiger partial charge in [-0.3, -0.25) is 9.59 Å². The van der Waals surface area contributed by atoms with Gasteiger partial charge in [0, 0.05) is 38.1 Å². The van der Waals surface area contributed by atoms with E-state index < -0.39 is 0 Å². The lowest BCUT2D eigenvalue weighted by Crippen LogP contribution is -2.67. The number of carbonyl (C=O) groups excluding carboxylic acids is 2. The van der Waals surface area contributed by atoms with Crippen molar-refractivity contribution in [1.82, 2.24) is 24.7 Å². The zero-order chi connectivity index (χ0) is 17.6. The van der Waals surface area contributed by atoms with Gasteiger partial charge < -0.3 is 19.7 Å². The van der Waals surface area contributed by atoms with Gasteiger partial charge in [0.1, 0.15) is 5.69 Å². The summed E-state index contributed by atoms with van der Waals surface area (Å²) >= 11 is 0. The molecule has 1 aromatic rings. The van der Waals surface area contributed by atoms with Crippen molar-refractivity contribution in [3.8, 4) is 0 Å². The van der Waals surface area contributed by atoms with E-state index in [0.717, 1.165) is 38.9 Å². The third-order valence-electron chi connectivity index (χ3n) is 6.06. The molecule has 4 rings (SSSR count). The molecule has 0 saturated carbocycles. The van der Waals surface area contributed by atoms with Crippen molar-refractivity contribution >= 4 is 11.8 Å². The number of imidazole rings is 1. The van der Waals surface area contributed by atoms with Gasteiger partial charge in [-0.1, -0.05) is 0 Å². The van der Waals surface area contributed by atoms with Crippen molar-refractivity contribution in [2.45, 2.75) is 37.8 Å². The van der Waals surface area contributed by atoms with Crippen molar-refractivity contribution in [1.29, 1.82) is 0 Å². The first-order chi connectivity index (χ1) is 12.0. The number of carbonyl (C=O) groups is 2. The molecule has 7 heteroatoms. The normalized spacial score (nSPS) is 32.0. The number of nitrogens with zero attached hydrogens (tertiary/aromatic N) is 4. The van der Waals surface area contributed by atoms with E-state index in [1.165, 1.54) is 0 Å². The minimum Gasteiger partial charge on any atom is -0.341 e. The van der Waals surface area contributed by atoms with Crippen LogP contribution in [0.5, 0.6) is 0 Å². The third-order valence-corrected chi connectivity index (χ3v) is 6.06. The molecule has 2 bridgehead atoms. The fraction of sp³-hybridized carbons (Fsp3) is 0.722. The number of aromatic nitrogens is 2. The summed E-state index contributed by atoms with van der Waals surface area (Å²) < 4.78 is 0. The Hall–Kier alpha value is -1.89. The molecule has 4 atom stereocenters. The first-order valence-corrected chi connectivity index (χ1v) is 9.28. The minimum absolute atomic E-state index is 0.0337. The summed E-state index contributed by atoms with van der Waals surface area (Å²) in [5.74, 6) is 1.09. The average Bonchev–Trinajstić information content (AvgIpc) is 3.12. The Bertz CT molecular complexity index is 644. The Morgan fingerprint density at radius 3 is 2.88 bits per heavy atom. The van der Waals surface area contributed by atoms with Gasteiger partial charge in [-0.2, -0.15) is 0 Å². The molecule has 3 aliphatic heterocycles. The van der Waals surface area contributed by atoms with Crippen molar-refractivity contribution in [3.05, 3.63) is 18.2 Å². The summed E-state index contributed by atoms with van der Waals surface area (Å²) in [7, 11) is 4.12. The summed E-state index contributed by atoms with van der Waals surface area (Å²) in [4.78, 5) is 38.7. The van der Waals surface area contributed by atoms with Crippen LogP contribution in [0.1, 0.15) is 36.2 Å². The number of hydrogen-bond donors (Lipinski definition) is 1. The maximum atomic E-state index is 12.8. The fourth-order valence-electron chi connectivity index (χ4n) is 5.09. The third kappa shape index (κ3) is 2.94. The number of likely N-dealkylation sites (N-methyl/N-ethyl adjacent to an activating group) is 1. The van der Waals surface area contributed by atoms with E-state index in [-0.39, 0.29) is 11.9 Å². The van der Waals surface area contributed by atoms with Gasteiger partial charge in [-0.25, -0.2) is 4.98 Å². The largest absolute Gasteiger partial charge is 0.341 e. The van der Waals surface area contributed by atoms with E-state index in [4.69, 9.17) is 0 Å². The van der Waals surface area contributed by atoms with E-state index in [1.54, 1.807) is 12.5 Å². The number of fused-ring (bicyclic) bond motifs is 4. The van der Waals surface area contributed by atoms with Crippen LogP contribution in [-0.2, 0) is 4.79 Å². The number of amides is 2. The summed E-state index contributed by atoms with van der Waals surface area (Å²) in [6.45, 7) is 2.34. The molecule has 25 heavy (non-hydrogen) atoms. The molecule has 0 spiro atoms. The predicted molar refractivity (Wildman–Crippen MR) is 92.9 cm³/mol. The van der Waals surface area contributed by atoms with Crippen LogP contribution in [0, 0.1) is 11.8 Å². The maximum Gasteiger partial charge on any atom is 0.271 e. The number of H-pyrrole nitrogens is 1. The highest BCUT2D eigenvalue weighted by Crippen LogP contribution is 2.41. The first kappa shape index (κ1) is 16.6. The number of nitrogens with one attached hydrogen (secondary N) is 1. The van der Waals surface area contributed by atoms with Crippen LogP contribution in [0.3, 0.4) is 0 Å². The second kappa shape index (κ2) is 6.44. The van der Waals surface area contributed by atoms with Gasteiger partial charge >= 0.3 is 0 Å². The lowest BCUT2D eigenvalue weighted by atomic mass is 9.72. The molecule has 0 unspecified atom stereocenters. The predicted octanol–water partition coefficient (Wildman–Crippen LogP) is 0.813. The molecule has 1 aromatic heterocycles. The van der Waals surface area contributed by atoms with Crippen LogP contribution < -0.4 is 0 Å². The fourth-order valence-corrected chi connectivity index (χ4v) is 5.09. The lowest BCUT2D eigenvalue weighted by molar-refractivity contribution is -0.152. The Morgan fingerprint density at radius 1 is 1.36 bits per heavy atom. The number of rotatable bonds is 3. The number of hydrogen-bond acceptors (Lipinski definition) is 4. The van der Waals surface area contributed by atoms with E-state index in [1.807, 2.05) is 4.90 Å². The zero-order valence-electron chi connectivity index (χ0n) is 15.0. The molecular weight excluding hydrogens is 318 g/mol. The van der Waals surface area contributed by atoms with Crippen LogP contribution in [0.2, 0.25) is 0 Å². The summed E-state index contributed by atoms with van der Waals surface area (Å²) in [5.41, 5.74) is 0.556. The molecule has 1 N–H and O–H groups in total. The van der Waals surface area contributed by atoms with E-state index in [0.29, 0.717) is 35.9 Å². The topological polar surface area (TPSA) is 72.5 Å². The Kier molecular flexibility index (Phi) is 4.27. The molecule has 0 aromatic carbocycles. The number of aromatic amines is 1. The molecule has 0 aliphatic carbocycles. The van der Waals surface area contributed by atoms with Crippen LogP contribution in [0.4, 0.5) is 0 Å². The molecule has 3 aliphatic rings. The van der Waals surface area contributed by atoms with Crippen LogP contribution in [0.15, 0.2) is 12.5 Å². The summed E-state index contributed by atoms with van der Waals surface area (Å²) in [5, 5.41) is 0. The van der Waals surface area contributed by atoms with Gasteiger partial charge in [0.05, 0.1) is 12.5 Å². The SMILES string of the molecule is CN(C)C[C@H]1[C@H]2C[C@H](CN(C(=O)c3cnc[nH]3)C2)[C@@H]2CCCC(=O)N21. The van der Waals surface area contributed by atoms with Gasteiger partial charge in [0.15, 0.2) is 0 Å². The standard InChI is InChI=1S/C18H27N5O2/c1-21(2)10-16-13-6-12(15-4-3-5-17(24)23(15)16)8-22(9-13)18(25)14-7-19-11-20-14/h7,11-13,15-16H,3-6,8-10H2,1-2H3,(H,19,20)/t12-,13+,15+,16+/m1/s1. The minimum atomic E-state index is 0.0337. The monoisotopic (exact) mass is 345 g/mol. The van der Waals surface area contributed by atoms with Gasteiger partial charge in [0.2, 0.25) is 5.91 Å². The molecular formula is C18H27N5O2. The Balaban J connectivity index is 1.60. The highest BCUT2D eigenvalue weighted by Gasteiger charge is 2.50. The van der Waals surface area contributed by atoms with Gasteiger partial charge in [-0.15, -0.1) is 0 Å². The second-order valence-electron chi connectivity index (χ2n) is 8.02.